The Morgan fingerprint density at radius 3 is 2.54 bits per heavy atom. The van der Waals surface area contributed by atoms with Gasteiger partial charge in [-0.15, -0.1) is 11.3 Å². The molecule has 2 aromatic rings. The van der Waals surface area contributed by atoms with Crippen LogP contribution in [-0.2, 0) is 4.79 Å². The van der Waals surface area contributed by atoms with Gasteiger partial charge in [0.2, 0.25) is 5.91 Å². The van der Waals surface area contributed by atoms with Crippen LogP contribution in [0.15, 0.2) is 29.6 Å². The first-order chi connectivity index (χ1) is 11.5. The highest BCUT2D eigenvalue weighted by molar-refractivity contribution is 7.09. The van der Waals surface area contributed by atoms with Gasteiger partial charge in [0.25, 0.3) is 0 Å². The molecule has 1 fully saturated rings. The highest BCUT2D eigenvalue weighted by Gasteiger charge is 2.41. The van der Waals surface area contributed by atoms with Gasteiger partial charge in [0, 0.05) is 10.9 Å². The fraction of sp³-hybridized carbons (Fsp3) is 0.421. The molecular formula is C19H21N3OS. The fourth-order valence-electron chi connectivity index (χ4n) is 3.22. The minimum Gasteiger partial charge on any atom is -0.348 e. The standard InChI is InChI=1S/C19H21N3OS/c1-13(21-18(23)19(12-20)9-3-4-10-19)15-5-7-16(8-6-15)17-11-24-14(2)22-17/h5-8,11,13H,3-4,9-10H2,1-2H3,(H,21,23). The molecule has 5 heteroatoms. The van der Waals surface area contributed by atoms with Gasteiger partial charge in [0.15, 0.2) is 0 Å². The maximum absolute atomic E-state index is 12.5. The number of hydrogen-bond donors (Lipinski definition) is 1. The Hall–Kier alpha value is -2.19. The summed E-state index contributed by atoms with van der Waals surface area (Å²) in [5.74, 6) is -0.130. The molecule has 4 nitrogen and oxygen atoms in total. The zero-order valence-corrected chi connectivity index (χ0v) is 14.8. The molecule has 0 spiro atoms. The van der Waals surface area contributed by atoms with Crippen molar-refractivity contribution in [1.29, 1.82) is 5.26 Å². The van der Waals surface area contributed by atoms with E-state index in [4.69, 9.17) is 0 Å². The fourth-order valence-corrected chi connectivity index (χ4v) is 3.85. The molecule has 0 bridgehead atoms. The summed E-state index contributed by atoms with van der Waals surface area (Å²) in [5, 5.41) is 15.5. The number of nitriles is 1. The molecule has 0 saturated heterocycles. The summed E-state index contributed by atoms with van der Waals surface area (Å²) < 4.78 is 0. The molecule has 1 unspecified atom stereocenters. The average molecular weight is 339 g/mol. The van der Waals surface area contributed by atoms with Crippen molar-refractivity contribution >= 4 is 17.2 Å². The number of carbonyl (C=O) groups excluding carboxylic acids is 1. The third-order valence-electron chi connectivity index (χ3n) is 4.78. The largest absolute Gasteiger partial charge is 0.348 e. The quantitative estimate of drug-likeness (QED) is 0.899. The van der Waals surface area contributed by atoms with Crippen LogP contribution in [0.5, 0.6) is 0 Å². The van der Waals surface area contributed by atoms with E-state index < -0.39 is 5.41 Å². The third-order valence-corrected chi connectivity index (χ3v) is 5.55. The van der Waals surface area contributed by atoms with Crippen molar-refractivity contribution in [2.75, 3.05) is 0 Å². The van der Waals surface area contributed by atoms with Crippen LogP contribution in [0.2, 0.25) is 0 Å². The van der Waals surface area contributed by atoms with Crippen molar-refractivity contribution in [2.45, 2.75) is 45.6 Å². The van der Waals surface area contributed by atoms with E-state index in [0.717, 1.165) is 34.7 Å². The lowest BCUT2D eigenvalue weighted by Crippen LogP contribution is -2.39. The highest BCUT2D eigenvalue weighted by Crippen LogP contribution is 2.38. The first-order valence-electron chi connectivity index (χ1n) is 8.29. The number of hydrogen-bond acceptors (Lipinski definition) is 4. The Balaban J connectivity index is 1.70. The van der Waals surface area contributed by atoms with E-state index in [1.165, 1.54) is 0 Å². The van der Waals surface area contributed by atoms with Crippen molar-refractivity contribution in [3.8, 4) is 17.3 Å². The van der Waals surface area contributed by atoms with Crippen molar-refractivity contribution in [1.82, 2.24) is 10.3 Å². The number of aryl methyl sites for hydroxylation is 1. The lowest BCUT2D eigenvalue weighted by atomic mass is 9.86. The molecule has 0 aliphatic heterocycles. The molecule has 124 valence electrons. The number of nitrogens with one attached hydrogen (secondary N) is 1. The van der Waals surface area contributed by atoms with Crippen molar-refractivity contribution < 1.29 is 4.79 Å². The van der Waals surface area contributed by atoms with Crippen LogP contribution < -0.4 is 5.32 Å². The molecular weight excluding hydrogens is 318 g/mol. The Morgan fingerprint density at radius 1 is 1.33 bits per heavy atom. The summed E-state index contributed by atoms with van der Waals surface area (Å²) in [5.41, 5.74) is 2.26. The zero-order valence-electron chi connectivity index (χ0n) is 14.0. The first-order valence-corrected chi connectivity index (χ1v) is 9.17. The van der Waals surface area contributed by atoms with E-state index in [1.807, 2.05) is 43.5 Å². The molecule has 1 atom stereocenters. The lowest BCUT2D eigenvalue weighted by molar-refractivity contribution is -0.128. The molecule has 1 aliphatic rings. The van der Waals surface area contributed by atoms with Gasteiger partial charge in [-0.2, -0.15) is 5.26 Å². The van der Waals surface area contributed by atoms with Gasteiger partial charge < -0.3 is 5.32 Å². The van der Waals surface area contributed by atoms with Crippen molar-refractivity contribution in [3.63, 3.8) is 0 Å². The van der Waals surface area contributed by atoms with E-state index in [9.17, 15) is 10.1 Å². The Bertz CT molecular complexity index is 767. The van der Waals surface area contributed by atoms with Gasteiger partial charge in [-0.1, -0.05) is 37.1 Å². The monoisotopic (exact) mass is 339 g/mol. The normalized spacial score (nSPS) is 17.2. The second kappa shape index (κ2) is 6.74. The second-order valence-electron chi connectivity index (χ2n) is 6.47. The molecule has 1 amide bonds. The molecule has 24 heavy (non-hydrogen) atoms. The second-order valence-corrected chi connectivity index (χ2v) is 7.53. The number of benzene rings is 1. The van der Waals surface area contributed by atoms with Gasteiger partial charge in [0.05, 0.1) is 22.8 Å². The van der Waals surface area contributed by atoms with E-state index >= 15 is 0 Å². The van der Waals surface area contributed by atoms with Gasteiger partial charge >= 0.3 is 0 Å². The van der Waals surface area contributed by atoms with E-state index in [1.54, 1.807) is 11.3 Å². The molecule has 1 aliphatic carbocycles. The Labute approximate surface area is 146 Å². The topological polar surface area (TPSA) is 65.8 Å². The molecule has 0 radical (unpaired) electrons. The van der Waals surface area contributed by atoms with E-state index in [-0.39, 0.29) is 11.9 Å². The van der Waals surface area contributed by atoms with Crippen LogP contribution in [0.4, 0.5) is 0 Å². The number of rotatable bonds is 4. The van der Waals surface area contributed by atoms with Gasteiger partial charge in [-0.05, 0) is 32.3 Å². The van der Waals surface area contributed by atoms with Crippen molar-refractivity contribution in [2.24, 2.45) is 5.41 Å². The third kappa shape index (κ3) is 3.20. The van der Waals surface area contributed by atoms with Crippen LogP contribution >= 0.6 is 11.3 Å². The van der Waals surface area contributed by atoms with Crippen molar-refractivity contribution in [3.05, 3.63) is 40.2 Å². The Kier molecular flexibility index (Phi) is 4.68. The summed E-state index contributed by atoms with van der Waals surface area (Å²) in [6.45, 7) is 3.95. The minimum atomic E-state index is -0.827. The SMILES string of the molecule is Cc1nc(-c2ccc(C(C)NC(=O)C3(C#N)CCCC3)cc2)cs1. The molecule has 1 aromatic carbocycles. The first kappa shape index (κ1) is 16.7. The van der Waals surface area contributed by atoms with Gasteiger partial charge in [0.1, 0.15) is 5.41 Å². The maximum Gasteiger partial charge on any atom is 0.240 e. The average Bonchev–Trinajstić information content (AvgIpc) is 3.24. The molecule has 1 N–H and O–H groups in total. The predicted octanol–water partition coefficient (Wildman–Crippen LogP) is 4.38. The highest BCUT2D eigenvalue weighted by atomic mass is 32.1. The lowest BCUT2D eigenvalue weighted by Gasteiger charge is -2.23. The minimum absolute atomic E-state index is 0.116. The van der Waals surface area contributed by atoms with Crippen LogP contribution in [0.25, 0.3) is 11.3 Å². The molecule has 1 heterocycles. The number of thiazole rings is 1. The predicted molar refractivity (Wildman–Crippen MR) is 95.4 cm³/mol. The zero-order chi connectivity index (χ0) is 17.2. The number of nitrogens with zero attached hydrogens (tertiary/aromatic N) is 2. The molecule has 1 saturated carbocycles. The Morgan fingerprint density at radius 2 is 2.00 bits per heavy atom. The van der Waals surface area contributed by atoms with Gasteiger partial charge in [-0.3, -0.25) is 4.79 Å². The maximum atomic E-state index is 12.5. The van der Waals surface area contributed by atoms with Crippen LogP contribution in [0.3, 0.4) is 0 Å². The van der Waals surface area contributed by atoms with E-state index in [0.29, 0.717) is 12.8 Å². The summed E-state index contributed by atoms with van der Waals surface area (Å²) in [7, 11) is 0. The van der Waals surface area contributed by atoms with Gasteiger partial charge in [-0.25, -0.2) is 4.98 Å². The molecule has 3 rings (SSSR count). The summed E-state index contributed by atoms with van der Waals surface area (Å²) >= 11 is 1.64. The summed E-state index contributed by atoms with van der Waals surface area (Å²) in [6, 6.07) is 10.2. The van der Waals surface area contributed by atoms with E-state index in [2.05, 4.69) is 16.4 Å². The smallest absolute Gasteiger partial charge is 0.240 e. The number of carbonyl (C=O) groups is 1. The molecule has 1 aromatic heterocycles. The summed E-state index contributed by atoms with van der Waals surface area (Å²) in [4.78, 5) is 17.0. The summed E-state index contributed by atoms with van der Waals surface area (Å²) in [6.07, 6.45) is 3.25. The van der Waals surface area contributed by atoms with Crippen LogP contribution in [0, 0.1) is 23.7 Å². The van der Waals surface area contributed by atoms with Crippen LogP contribution in [-0.4, -0.2) is 10.9 Å². The number of amides is 1. The number of aromatic nitrogens is 1. The van der Waals surface area contributed by atoms with Crippen LogP contribution in [0.1, 0.15) is 49.2 Å².